The van der Waals surface area contributed by atoms with E-state index in [1.165, 1.54) is 30.4 Å². The summed E-state index contributed by atoms with van der Waals surface area (Å²) in [5.74, 6) is 1.57. The predicted octanol–water partition coefficient (Wildman–Crippen LogP) is 7.50. The Morgan fingerprint density at radius 1 is 1.10 bits per heavy atom. The molecular formula is C27H37NO2. The molecule has 3 nitrogen and oxygen atoms in total. The first kappa shape index (κ1) is 21.2. The van der Waals surface area contributed by atoms with Gasteiger partial charge in [-0.15, -0.1) is 0 Å². The predicted molar refractivity (Wildman–Crippen MR) is 126 cm³/mol. The van der Waals surface area contributed by atoms with Gasteiger partial charge in [-0.25, -0.2) is 0 Å². The van der Waals surface area contributed by atoms with E-state index in [1.54, 1.807) is 0 Å². The third-order valence-electron chi connectivity index (χ3n) is 6.91. The van der Waals surface area contributed by atoms with E-state index in [2.05, 4.69) is 58.9 Å². The smallest absolute Gasteiger partial charge is 0.235 e. The number of nitrogens with zero attached hydrogens (tertiary/aromatic N) is 1. The molecule has 0 spiro atoms. The minimum Gasteiger partial charge on any atom is -0.618 e. The molecule has 0 radical (unpaired) electrons. The molecule has 1 atom stereocenters. The monoisotopic (exact) mass is 407 g/mol. The average molecular weight is 408 g/mol. The number of rotatable bonds is 5. The van der Waals surface area contributed by atoms with Gasteiger partial charge in [-0.3, -0.25) is 0 Å². The zero-order chi connectivity index (χ0) is 21.9. The van der Waals surface area contributed by atoms with E-state index >= 15 is 0 Å². The third kappa shape index (κ3) is 3.61. The molecule has 3 heteroatoms. The van der Waals surface area contributed by atoms with Crippen LogP contribution in [-0.4, -0.2) is 16.1 Å². The summed E-state index contributed by atoms with van der Waals surface area (Å²) in [6.07, 6.45) is 12.5. The zero-order valence-corrected chi connectivity index (χ0v) is 19.8. The van der Waals surface area contributed by atoms with Crippen molar-refractivity contribution in [2.45, 2.75) is 86.2 Å². The summed E-state index contributed by atoms with van der Waals surface area (Å²) in [5, 5.41) is 13.6. The molecule has 0 saturated heterocycles. The average Bonchev–Trinajstić information content (AvgIpc) is 2.90. The first-order chi connectivity index (χ1) is 13.9. The molecule has 2 aliphatic heterocycles. The topological polar surface area (TPSA) is 35.3 Å². The highest BCUT2D eigenvalue weighted by atomic mass is 16.5. The summed E-state index contributed by atoms with van der Waals surface area (Å²) in [6.45, 7) is 15.5. The highest BCUT2D eigenvalue weighted by Crippen LogP contribution is 2.54. The minimum absolute atomic E-state index is 0.117. The van der Waals surface area contributed by atoms with Gasteiger partial charge in [-0.05, 0) is 76.2 Å². The fourth-order valence-electron chi connectivity index (χ4n) is 5.75. The van der Waals surface area contributed by atoms with Crippen molar-refractivity contribution >= 4 is 23.0 Å². The summed E-state index contributed by atoms with van der Waals surface area (Å²) in [7, 11) is 0. The number of fused-ring (bicyclic) bond motifs is 5. The van der Waals surface area contributed by atoms with Gasteiger partial charge in [0.05, 0.1) is 22.1 Å². The summed E-state index contributed by atoms with van der Waals surface area (Å²) < 4.78 is 7.34. The van der Waals surface area contributed by atoms with Crippen molar-refractivity contribution in [1.82, 2.24) is 0 Å². The molecule has 30 heavy (non-hydrogen) atoms. The van der Waals surface area contributed by atoms with Crippen LogP contribution in [0.4, 0.5) is 5.69 Å². The summed E-state index contributed by atoms with van der Waals surface area (Å²) in [4.78, 5) is 0. The number of unbranched alkanes of at least 4 members (excludes halogenated alkanes) is 1. The number of ether oxygens (including phenoxy) is 1. The number of benzene rings is 1. The SMILES string of the molecule is CC(C)CCCCC1(C)C=C2C(=[N+]([O-])c3c2ccc2c3C=CC(C)(C)O2)C(C)(C)C1. The van der Waals surface area contributed by atoms with E-state index < -0.39 is 0 Å². The fraction of sp³-hybridized carbons (Fsp3) is 0.593. The van der Waals surface area contributed by atoms with Crippen LogP contribution in [0.5, 0.6) is 5.75 Å². The minimum atomic E-state index is -0.347. The second kappa shape index (κ2) is 7.00. The quantitative estimate of drug-likeness (QED) is 0.288. The Labute approximate surface area is 182 Å². The third-order valence-corrected chi connectivity index (χ3v) is 6.91. The van der Waals surface area contributed by atoms with Crippen LogP contribution in [0.3, 0.4) is 0 Å². The molecule has 0 fully saturated rings. The number of hydrogen-bond donors (Lipinski definition) is 0. The molecule has 1 aromatic carbocycles. The largest absolute Gasteiger partial charge is 0.618 e. The molecule has 0 N–H and O–H groups in total. The van der Waals surface area contributed by atoms with E-state index in [-0.39, 0.29) is 16.4 Å². The maximum Gasteiger partial charge on any atom is 0.235 e. The van der Waals surface area contributed by atoms with Crippen molar-refractivity contribution in [2.75, 3.05) is 0 Å². The molecule has 4 rings (SSSR count). The van der Waals surface area contributed by atoms with E-state index in [1.807, 2.05) is 19.9 Å². The maximum absolute atomic E-state index is 13.6. The highest BCUT2D eigenvalue weighted by Gasteiger charge is 2.50. The van der Waals surface area contributed by atoms with Crippen LogP contribution in [0, 0.1) is 22.0 Å². The molecule has 1 unspecified atom stereocenters. The fourth-order valence-corrected chi connectivity index (χ4v) is 5.75. The summed E-state index contributed by atoms with van der Waals surface area (Å²) in [5.41, 5.74) is 4.41. The lowest BCUT2D eigenvalue weighted by atomic mass is 9.62. The molecular weight excluding hydrogens is 370 g/mol. The molecule has 0 saturated carbocycles. The standard InChI is InChI=1S/C27H37NO2/c1-18(2)10-8-9-14-27(7)16-21-19-11-12-22-20(13-15-26(5,6)30-22)23(19)28(29)24(21)25(3,4)17-27/h11-13,15-16,18H,8-10,14,17H2,1-7H3. The van der Waals surface area contributed by atoms with Crippen molar-refractivity contribution < 1.29 is 9.48 Å². The van der Waals surface area contributed by atoms with Gasteiger partial charge in [-0.1, -0.05) is 46.1 Å². The second-order valence-electron chi connectivity index (χ2n) is 11.5. The molecule has 0 amide bonds. The molecule has 1 aromatic rings. The van der Waals surface area contributed by atoms with Gasteiger partial charge in [0, 0.05) is 0 Å². The molecule has 2 heterocycles. The van der Waals surface area contributed by atoms with Crippen molar-refractivity contribution in [3.63, 3.8) is 0 Å². The van der Waals surface area contributed by atoms with Crippen LogP contribution in [-0.2, 0) is 0 Å². The van der Waals surface area contributed by atoms with Crippen molar-refractivity contribution in [2.24, 2.45) is 16.7 Å². The van der Waals surface area contributed by atoms with Crippen LogP contribution in [0.1, 0.15) is 91.7 Å². The highest BCUT2D eigenvalue weighted by molar-refractivity contribution is 6.28. The van der Waals surface area contributed by atoms with Crippen LogP contribution >= 0.6 is 0 Å². The molecule has 1 aliphatic carbocycles. The van der Waals surface area contributed by atoms with Gasteiger partial charge in [0.25, 0.3) is 0 Å². The second-order valence-corrected chi connectivity index (χ2v) is 11.5. The summed E-state index contributed by atoms with van der Waals surface area (Å²) in [6, 6.07) is 4.13. The van der Waals surface area contributed by atoms with Crippen molar-refractivity contribution in [1.29, 1.82) is 0 Å². The van der Waals surface area contributed by atoms with Gasteiger partial charge in [-0.2, -0.15) is 4.74 Å². The number of hydrogen-bond acceptors (Lipinski definition) is 2. The molecule has 0 bridgehead atoms. The lowest BCUT2D eigenvalue weighted by Crippen LogP contribution is -2.38. The Hall–Kier alpha value is -2.03. The van der Waals surface area contributed by atoms with Gasteiger partial charge in [0.15, 0.2) is 0 Å². The van der Waals surface area contributed by atoms with Gasteiger partial charge >= 0.3 is 0 Å². The molecule has 3 aliphatic rings. The van der Waals surface area contributed by atoms with Crippen LogP contribution in [0.15, 0.2) is 24.3 Å². The normalized spacial score (nSPS) is 25.5. The van der Waals surface area contributed by atoms with Crippen molar-refractivity contribution in [3.05, 3.63) is 40.6 Å². The van der Waals surface area contributed by atoms with Gasteiger partial charge in [0.2, 0.25) is 11.4 Å². The van der Waals surface area contributed by atoms with Crippen LogP contribution in [0.25, 0.3) is 11.6 Å². The van der Waals surface area contributed by atoms with E-state index in [4.69, 9.17) is 4.74 Å². The first-order valence-corrected chi connectivity index (χ1v) is 11.6. The van der Waals surface area contributed by atoms with E-state index in [0.717, 1.165) is 46.2 Å². The molecule has 162 valence electrons. The van der Waals surface area contributed by atoms with E-state index in [0.29, 0.717) is 0 Å². The Morgan fingerprint density at radius 2 is 1.83 bits per heavy atom. The molecule has 0 aromatic heterocycles. The van der Waals surface area contributed by atoms with Crippen molar-refractivity contribution in [3.8, 4) is 5.75 Å². The Kier molecular flexibility index (Phi) is 4.95. The number of allylic oxidation sites excluding steroid dienone is 2. The van der Waals surface area contributed by atoms with Crippen LogP contribution < -0.4 is 4.74 Å². The van der Waals surface area contributed by atoms with E-state index in [9.17, 15) is 5.21 Å². The Bertz CT molecular complexity index is 961. The Morgan fingerprint density at radius 3 is 2.53 bits per heavy atom. The lowest BCUT2D eigenvalue weighted by Gasteiger charge is -2.39. The van der Waals surface area contributed by atoms with Crippen LogP contribution in [0.2, 0.25) is 0 Å². The van der Waals surface area contributed by atoms with Gasteiger partial charge < -0.3 is 9.94 Å². The van der Waals surface area contributed by atoms with Gasteiger partial charge in [0.1, 0.15) is 11.4 Å². The first-order valence-electron chi connectivity index (χ1n) is 11.6. The maximum atomic E-state index is 13.6. The Balaban J connectivity index is 1.75. The zero-order valence-electron chi connectivity index (χ0n) is 19.8. The lowest BCUT2D eigenvalue weighted by molar-refractivity contribution is -0.361. The summed E-state index contributed by atoms with van der Waals surface area (Å²) >= 11 is 0.